The lowest BCUT2D eigenvalue weighted by molar-refractivity contribution is -0.180. The van der Waals surface area contributed by atoms with Gasteiger partial charge in [-0.1, -0.05) is 13.8 Å². The quantitative estimate of drug-likeness (QED) is 0.429. The molecule has 5 N–H and O–H groups in total. The molecular weight excluding hydrogens is 200 g/mol. The summed E-state index contributed by atoms with van der Waals surface area (Å²) in [5, 5.41) is 8.87. The van der Waals surface area contributed by atoms with Gasteiger partial charge < -0.3 is 15.6 Å². The van der Waals surface area contributed by atoms with Crippen LogP contribution in [0.5, 0.6) is 0 Å². The third-order valence-corrected chi connectivity index (χ3v) is 1.73. The van der Waals surface area contributed by atoms with Crippen LogP contribution >= 0.6 is 0 Å². The Morgan fingerprint density at radius 1 is 1.40 bits per heavy atom. The van der Waals surface area contributed by atoms with Crippen molar-refractivity contribution in [2.75, 3.05) is 0 Å². The van der Waals surface area contributed by atoms with Crippen LogP contribution in [0.2, 0.25) is 0 Å². The smallest absolute Gasteiger partial charge is 0.363 e. The number of carbonyl (C=O) groups is 2. The second-order valence-electron chi connectivity index (χ2n) is 4.00. The van der Waals surface area contributed by atoms with E-state index in [4.69, 9.17) is 16.6 Å². The van der Waals surface area contributed by atoms with E-state index in [0.717, 1.165) is 0 Å². The number of nitrogens with two attached hydrogens (primary N) is 2. The topological polar surface area (TPSA) is 116 Å². The summed E-state index contributed by atoms with van der Waals surface area (Å²) in [5.74, 6) is -2.20. The van der Waals surface area contributed by atoms with Gasteiger partial charge in [-0.05, 0) is 12.8 Å². The Labute approximate surface area is 88.6 Å². The second kappa shape index (κ2) is 5.09. The number of carboxylic acids is 1. The molecule has 0 aliphatic carbocycles. The lowest BCUT2D eigenvalue weighted by Crippen LogP contribution is -2.54. The summed E-state index contributed by atoms with van der Waals surface area (Å²) >= 11 is 0. The maximum atomic E-state index is 11.2. The Balaban J connectivity index is 4.66. The van der Waals surface area contributed by atoms with Crippen LogP contribution in [0.15, 0.2) is 0 Å². The van der Waals surface area contributed by atoms with Gasteiger partial charge in [-0.15, -0.1) is 0 Å². The largest absolute Gasteiger partial charge is 0.477 e. The highest BCUT2D eigenvalue weighted by Gasteiger charge is 2.39. The first kappa shape index (κ1) is 13.9. The van der Waals surface area contributed by atoms with E-state index in [1.165, 1.54) is 6.92 Å². The summed E-state index contributed by atoms with van der Waals surface area (Å²) in [4.78, 5) is 22.0. The molecule has 2 atom stereocenters. The molecule has 0 heterocycles. The summed E-state index contributed by atoms with van der Waals surface area (Å²) in [6.45, 7) is 4.97. The molecule has 88 valence electrons. The maximum Gasteiger partial charge on any atom is 0.363 e. The minimum atomic E-state index is -1.99. The minimum Gasteiger partial charge on any atom is -0.477 e. The highest BCUT2D eigenvalue weighted by molar-refractivity contribution is 5.83. The van der Waals surface area contributed by atoms with Gasteiger partial charge in [0.15, 0.2) is 0 Å². The van der Waals surface area contributed by atoms with E-state index in [-0.39, 0.29) is 12.3 Å². The Hall–Kier alpha value is -1.14. The van der Waals surface area contributed by atoms with E-state index in [1.807, 2.05) is 0 Å². The van der Waals surface area contributed by atoms with Crippen molar-refractivity contribution in [3.8, 4) is 0 Å². The normalized spacial score (nSPS) is 16.9. The lowest BCUT2D eigenvalue weighted by atomic mass is 10.0. The predicted octanol–water partition coefficient (Wildman–Crippen LogP) is -0.337. The summed E-state index contributed by atoms with van der Waals surface area (Å²) in [7, 11) is 0. The first-order valence-electron chi connectivity index (χ1n) is 4.69. The molecule has 0 aromatic rings. The van der Waals surface area contributed by atoms with Crippen molar-refractivity contribution in [3.05, 3.63) is 0 Å². The van der Waals surface area contributed by atoms with Gasteiger partial charge in [-0.2, -0.15) is 0 Å². The van der Waals surface area contributed by atoms with Crippen LogP contribution in [0, 0.1) is 5.92 Å². The number of hydrogen-bond acceptors (Lipinski definition) is 5. The van der Waals surface area contributed by atoms with Crippen LogP contribution in [0.1, 0.15) is 27.2 Å². The van der Waals surface area contributed by atoms with E-state index in [9.17, 15) is 9.59 Å². The Morgan fingerprint density at radius 3 is 2.13 bits per heavy atom. The van der Waals surface area contributed by atoms with Crippen molar-refractivity contribution in [3.63, 3.8) is 0 Å². The predicted molar refractivity (Wildman–Crippen MR) is 53.8 cm³/mol. The van der Waals surface area contributed by atoms with Crippen molar-refractivity contribution in [2.24, 2.45) is 17.4 Å². The molecule has 1 unspecified atom stereocenters. The maximum absolute atomic E-state index is 11.2. The van der Waals surface area contributed by atoms with Gasteiger partial charge >= 0.3 is 11.9 Å². The summed E-state index contributed by atoms with van der Waals surface area (Å²) < 4.78 is 4.69. The molecule has 0 amide bonds. The molecule has 0 rings (SSSR count). The van der Waals surface area contributed by atoms with Crippen LogP contribution in [0.3, 0.4) is 0 Å². The van der Waals surface area contributed by atoms with Crippen molar-refractivity contribution in [1.82, 2.24) is 0 Å². The zero-order chi connectivity index (χ0) is 12.2. The molecule has 6 heteroatoms. The standard InChI is InChI=1S/C9H18N2O4/c1-5(2)4-9(11,8(13)14)15-7(12)6(3)10/h5-6H,4,10-11H2,1-3H3,(H,13,14)/t6-,9?/m1/s1. The minimum absolute atomic E-state index is 0.00743. The first-order valence-corrected chi connectivity index (χ1v) is 4.69. The number of carbonyl (C=O) groups excluding carboxylic acids is 1. The van der Waals surface area contributed by atoms with Crippen LogP contribution in [0.25, 0.3) is 0 Å². The number of aliphatic carboxylic acids is 1. The third-order valence-electron chi connectivity index (χ3n) is 1.73. The molecule has 0 bridgehead atoms. The van der Waals surface area contributed by atoms with Gasteiger partial charge in [0.1, 0.15) is 6.04 Å². The molecule has 0 aliphatic rings. The SMILES string of the molecule is CC(C)CC(N)(OC(=O)[C@@H](C)N)C(=O)O. The van der Waals surface area contributed by atoms with E-state index in [1.54, 1.807) is 13.8 Å². The number of hydrogen-bond donors (Lipinski definition) is 3. The zero-order valence-electron chi connectivity index (χ0n) is 9.19. The third kappa shape index (κ3) is 4.26. The van der Waals surface area contributed by atoms with Crippen molar-refractivity contribution in [1.29, 1.82) is 0 Å². The van der Waals surface area contributed by atoms with Crippen molar-refractivity contribution < 1.29 is 19.4 Å². The second-order valence-corrected chi connectivity index (χ2v) is 4.00. The van der Waals surface area contributed by atoms with Crippen LogP contribution in [-0.4, -0.2) is 28.8 Å². The van der Waals surface area contributed by atoms with E-state index in [2.05, 4.69) is 4.74 Å². The molecule has 0 aromatic carbocycles. The number of esters is 1. The zero-order valence-corrected chi connectivity index (χ0v) is 9.19. The van der Waals surface area contributed by atoms with Gasteiger partial charge in [-0.3, -0.25) is 10.5 Å². The molecule has 0 fully saturated rings. The molecule has 0 spiro atoms. The fraction of sp³-hybridized carbons (Fsp3) is 0.778. The van der Waals surface area contributed by atoms with Gasteiger partial charge in [0.25, 0.3) is 5.72 Å². The molecular formula is C9H18N2O4. The van der Waals surface area contributed by atoms with E-state index < -0.39 is 23.7 Å². The number of ether oxygens (including phenoxy) is 1. The van der Waals surface area contributed by atoms with Gasteiger partial charge in [-0.25, -0.2) is 4.79 Å². The lowest BCUT2D eigenvalue weighted by Gasteiger charge is -2.27. The highest BCUT2D eigenvalue weighted by atomic mass is 16.6. The van der Waals surface area contributed by atoms with Crippen molar-refractivity contribution in [2.45, 2.75) is 39.0 Å². The van der Waals surface area contributed by atoms with E-state index >= 15 is 0 Å². The van der Waals surface area contributed by atoms with Crippen LogP contribution in [-0.2, 0) is 14.3 Å². The van der Waals surface area contributed by atoms with Crippen LogP contribution < -0.4 is 11.5 Å². The molecule has 15 heavy (non-hydrogen) atoms. The summed E-state index contributed by atoms with van der Waals surface area (Å²) in [5.41, 5.74) is 8.75. The first-order chi connectivity index (χ1) is 6.69. The number of carboxylic acid groups (broad SMARTS) is 1. The van der Waals surface area contributed by atoms with Gasteiger partial charge in [0, 0.05) is 6.42 Å². The average molecular weight is 218 g/mol. The Morgan fingerprint density at radius 2 is 1.87 bits per heavy atom. The molecule has 0 aromatic heterocycles. The van der Waals surface area contributed by atoms with Gasteiger partial charge in [0.05, 0.1) is 0 Å². The van der Waals surface area contributed by atoms with E-state index in [0.29, 0.717) is 0 Å². The van der Waals surface area contributed by atoms with Crippen molar-refractivity contribution >= 4 is 11.9 Å². The Kier molecular flexibility index (Phi) is 4.70. The highest BCUT2D eigenvalue weighted by Crippen LogP contribution is 2.16. The molecule has 0 saturated carbocycles. The Bertz CT molecular complexity index is 252. The summed E-state index contributed by atoms with van der Waals surface area (Å²) in [6.07, 6.45) is 0.0425. The molecule has 6 nitrogen and oxygen atoms in total. The van der Waals surface area contributed by atoms with Gasteiger partial charge in [0.2, 0.25) is 0 Å². The summed E-state index contributed by atoms with van der Waals surface area (Å²) in [6, 6.07) is -0.889. The fourth-order valence-electron chi connectivity index (χ4n) is 1.05. The monoisotopic (exact) mass is 218 g/mol. The fourth-order valence-corrected chi connectivity index (χ4v) is 1.05. The molecule has 0 radical (unpaired) electrons. The van der Waals surface area contributed by atoms with Crippen LogP contribution in [0.4, 0.5) is 0 Å². The molecule has 0 aliphatic heterocycles. The molecule has 0 saturated heterocycles. The average Bonchev–Trinajstić information content (AvgIpc) is 2.01. The number of rotatable bonds is 5.